The first-order valence-electron chi connectivity index (χ1n) is 5.85. The highest BCUT2D eigenvalue weighted by molar-refractivity contribution is 5.83. The summed E-state index contributed by atoms with van der Waals surface area (Å²) >= 11 is 0. The minimum atomic E-state index is 0.230. The number of rotatable bonds is 3. The lowest BCUT2D eigenvalue weighted by molar-refractivity contribution is 0.262. The Balaban J connectivity index is 2.47. The fourth-order valence-corrected chi connectivity index (χ4v) is 2.11. The van der Waals surface area contributed by atoms with Crippen molar-refractivity contribution in [2.24, 2.45) is 0 Å². The van der Waals surface area contributed by atoms with Crippen LogP contribution in [0.25, 0.3) is 10.8 Å². The van der Waals surface area contributed by atoms with Crippen molar-refractivity contribution in [3.8, 4) is 0 Å². The second-order valence-electron chi connectivity index (χ2n) is 4.40. The Morgan fingerprint density at radius 2 is 1.75 bits per heavy atom. The molecule has 0 aliphatic rings. The highest BCUT2D eigenvalue weighted by Gasteiger charge is 2.08. The normalized spacial score (nSPS) is 12.9. The highest BCUT2D eigenvalue weighted by Crippen LogP contribution is 2.24. The van der Waals surface area contributed by atoms with Gasteiger partial charge >= 0.3 is 0 Å². The molecule has 0 saturated carbocycles. The van der Waals surface area contributed by atoms with Gasteiger partial charge in [0.15, 0.2) is 0 Å². The minimum absolute atomic E-state index is 0.230. The number of hydrogen-bond donors (Lipinski definition) is 1. The van der Waals surface area contributed by atoms with E-state index in [2.05, 4.69) is 50.2 Å². The zero-order valence-corrected chi connectivity index (χ0v) is 9.90. The molecule has 0 fully saturated rings. The number of benzene rings is 2. The summed E-state index contributed by atoms with van der Waals surface area (Å²) in [5, 5.41) is 11.8. The first kappa shape index (κ1) is 11.2. The summed E-state index contributed by atoms with van der Waals surface area (Å²) in [7, 11) is 0. The van der Waals surface area contributed by atoms with E-state index in [0.29, 0.717) is 0 Å². The summed E-state index contributed by atoms with van der Waals surface area (Å²) in [4.78, 5) is 0. The van der Waals surface area contributed by atoms with E-state index < -0.39 is 0 Å². The van der Waals surface area contributed by atoms with Crippen molar-refractivity contribution in [3.63, 3.8) is 0 Å². The SMILES string of the molecule is CCC(CO)c1ccc2cc(C)ccc2c1. The Labute approximate surface area is 96.7 Å². The average molecular weight is 214 g/mol. The molecular formula is C15H18O. The monoisotopic (exact) mass is 214 g/mol. The van der Waals surface area contributed by atoms with E-state index >= 15 is 0 Å². The molecule has 2 aromatic carbocycles. The molecule has 0 heterocycles. The zero-order valence-electron chi connectivity index (χ0n) is 9.90. The maximum Gasteiger partial charge on any atom is 0.0499 e. The van der Waals surface area contributed by atoms with Gasteiger partial charge in [0.25, 0.3) is 0 Å². The van der Waals surface area contributed by atoms with Gasteiger partial charge in [0.05, 0.1) is 0 Å². The van der Waals surface area contributed by atoms with Crippen LogP contribution in [0, 0.1) is 6.92 Å². The molecule has 84 valence electrons. The zero-order chi connectivity index (χ0) is 11.5. The van der Waals surface area contributed by atoms with Gasteiger partial charge in [-0.15, -0.1) is 0 Å². The second kappa shape index (κ2) is 4.67. The third-order valence-corrected chi connectivity index (χ3v) is 3.20. The Bertz CT molecular complexity index is 484. The quantitative estimate of drug-likeness (QED) is 0.827. The summed E-state index contributed by atoms with van der Waals surface area (Å²) in [5.74, 6) is 0.269. The molecule has 1 N–H and O–H groups in total. The first-order chi connectivity index (χ1) is 7.74. The number of aliphatic hydroxyl groups is 1. The smallest absolute Gasteiger partial charge is 0.0499 e. The van der Waals surface area contributed by atoms with Gasteiger partial charge in [-0.25, -0.2) is 0 Å². The summed E-state index contributed by atoms with van der Waals surface area (Å²) in [6.45, 7) is 4.45. The van der Waals surface area contributed by atoms with Crippen LogP contribution in [0.2, 0.25) is 0 Å². The second-order valence-corrected chi connectivity index (χ2v) is 4.40. The van der Waals surface area contributed by atoms with Gasteiger partial charge in [-0.3, -0.25) is 0 Å². The largest absolute Gasteiger partial charge is 0.396 e. The van der Waals surface area contributed by atoms with Crippen molar-refractivity contribution in [3.05, 3.63) is 47.5 Å². The molecule has 2 rings (SSSR count). The molecule has 0 aliphatic carbocycles. The Morgan fingerprint density at radius 1 is 1.06 bits per heavy atom. The highest BCUT2D eigenvalue weighted by atomic mass is 16.3. The van der Waals surface area contributed by atoms with Crippen molar-refractivity contribution in [2.75, 3.05) is 6.61 Å². The molecule has 0 saturated heterocycles. The fourth-order valence-electron chi connectivity index (χ4n) is 2.11. The van der Waals surface area contributed by atoms with Crippen molar-refractivity contribution in [2.45, 2.75) is 26.2 Å². The summed E-state index contributed by atoms with van der Waals surface area (Å²) in [6, 6.07) is 12.9. The average Bonchev–Trinajstić information content (AvgIpc) is 2.31. The third-order valence-electron chi connectivity index (χ3n) is 3.20. The lowest BCUT2D eigenvalue weighted by Crippen LogP contribution is -2.02. The molecule has 1 heteroatoms. The molecule has 1 atom stereocenters. The van der Waals surface area contributed by atoms with E-state index in [9.17, 15) is 5.11 Å². The van der Waals surface area contributed by atoms with Crippen molar-refractivity contribution in [1.29, 1.82) is 0 Å². The van der Waals surface area contributed by atoms with E-state index in [1.54, 1.807) is 0 Å². The van der Waals surface area contributed by atoms with Crippen LogP contribution in [0.5, 0.6) is 0 Å². The van der Waals surface area contributed by atoms with Gasteiger partial charge in [0, 0.05) is 12.5 Å². The van der Waals surface area contributed by atoms with Gasteiger partial charge < -0.3 is 5.11 Å². The maximum atomic E-state index is 9.30. The molecule has 2 aromatic rings. The van der Waals surface area contributed by atoms with Crippen LogP contribution in [0.4, 0.5) is 0 Å². The van der Waals surface area contributed by atoms with Crippen LogP contribution < -0.4 is 0 Å². The molecular weight excluding hydrogens is 196 g/mol. The van der Waals surface area contributed by atoms with Crippen LogP contribution in [0.1, 0.15) is 30.4 Å². The lowest BCUT2D eigenvalue weighted by atomic mass is 9.94. The summed E-state index contributed by atoms with van der Waals surface area (Å²) < 4.78 is 0. The summed E-state index contributed by atoms with van der Waals surface area (Å²) in [5.41, 5.74) is 2.52. The first-order valence-corrected chi connectivity index (χ1v) is 5.85. The van der Waals surface area contributed by atoms with Gasteiger partial charge in [-0.2, -0.15) is 0 Å². The molecule has 0 aliphatic heterocycles. The molecule has 1 unspecified atom stereocenters. The number of aliphatic hydroxyl groups excluding tert-OH is 1. The minimum Gasteiger partial charge on any atom is -0.396 e. The standard InChI is InChI=1S/C15H18O/c1-3-12(10-16)14-7-6-13-8-11(2)4-5-15(13)9-14/h4-9,12,16H,3,10H2,1-2H3. The molecule has 0 amide bonds. The number of aryl methyl sites for hydroxylation is 1. The van der Waals surface area contributed by atoms with E-state index in [-0.39, 0.29) is 12.5 Å². The Hall–Kier alpha value is -1.34. The molecule has 1 nitrogen and oxygen atoms in total. The van der Waals surface area contributed by atoms with Gasteiger partial charge in [0.2, 0.25) is 0 Å². The molecule has 0 aromatic heterocycles. The van der Waals surface area contributed by atoms with Gasteiger partial charge in [-0.05, 0) is 29.7 Å². The van der Waals surface area contributed by atoms with Crippen LogP contribution in [0.3, 0.4) is 0 Å². The number of hydrogen-bond acceptors (Lipinski definition) is 1. The van der Waals surface area contributed by atoms with Gasteiger partial charge in [0.1, 0.15) is 0 Å². The van der Waals surface area contributed by atoms with Crippen LogP contribution in [-0.4, -0.2) is 11.7 Å². The molecule has 0 radical (unpaired) electrons. The Kier molecular flexibility index (Phi) is 3.25. The van der Waals surface area contributed by atoms with Crippen LogP contribution >= 0.6 is 0 Å². The predicted octanol–water partition coefficient (Wildman–Crippen LogP) is 3.63. The van der Waals surface area contributed by atoms with E-state index in [0.717, 1.165) is 6.42 Å². The fraction of sp³-hybridized carbons (Fsp3) is 0.333. The summed E-state index contributed by atoms with van der Waals surface area (Å²) in [6.07, 6.45) is 0.980. The Morgan fingerprint density at radius 3 is 2.44 bits per heavy atom. The lowest BCUT2D eigenvalue weighted by Gasteiger charge is -2.12. The number of fused-ring (bicyclic) bond motifs is 1. The van der Waals surface area contributed by atoms with E-state index in [1.165, 1.54) is 21.9 Å². The third kappa shape index (κ3) is 2.10. The molecule has 0 bridgehead atoms. The van der Waals surface area contributed by atoms with Crippen molar-refractivity contribution < 1.29 is 5.11 Å². The maximum absolute atomic E-state index is 9.30. The van der Waals surface area contributed by atoms with E-state index in [1.807, 2.05) is 0 Å². The molecule has 0 spiro atoms. The van der Waals surface area contributed by atoms with Crippen molar-refractivity contribution >= 4 is 10.8 Å². The van der Waals surface area contributed by atoms with Crippen LogP contribution in [-0.2, 0) is 0 Å². The van der Waals surface area contributed by atoms with Crippen molar-refractivity contribution in [1.82, 2.24) is 0 Å². The topological polar surface area (TPSA) is 20.2 Å². The van der Waals surface area contributed by atoms with Gasteiger partial charge in [-0.1, -0.05) is 48.9 Å². The van der Waals surface area contributed by atoms with Crippen LogP contribution in [0.15, 0.2) is 36.4 Å². The van der Waals surface area contributed by atoms with E-state index in [4.69, 9.17) is 0 Å². The predicted molar refractivity (Wildman–Crippen MR) is 68.8 cm³/mol. The molecule has 16 heavy (non-hydrogen) atoms.